The van der Waals surface area contributed by atoms with Gasteiger partial charge in [-0.25, -0.2) is 4.98 Å². The van der Waals surface area contributed by atoms with Crippen LogP contribution in [0.25, 0.3) is 22.4 Å². The molecule has 0 aliphatic carbocycles. The second-order valence-corrected chi connectivity index (χ2v) is 10.3. The summed E-state index contributed by atoms with van der Waals surface area (Å²) in [6, 6.07) is 25.8. The van der Waals surface area contributed by atoms with Crippen LogP contribution in [0, 0.1) is 0 Å². The Morgan fingerprint density at radius 1 is 0.860 bits per heavy atom. The van der Waals surface area contributed by atoms with Crippen molar-refractivity contribution in [2.75, 3.05) is 32.7 Å². The van der Waals surface area contributed by atoms with E-state index >= 15 is 0 Å². The van der Waals surface area contributed by atoms with E-state index in [0.717, 1.165) is 66.5 Å². The molecule has 5 rings (SSSR count). The van der Waals surface area contributed by atoms with E-state index in [4.69, 9.17) is 20.9 Å². The van der Waals surface area contributed by atoms with Crippen molar-refractivity contribution in [1.82, 2.24) is 9.55 Å². The van der Waals surface area contributed by atoms with Gasteiger partial charge in [0.15, 0.2) is 0 Å². The zero-order chi connectivity index (χ0) is 37.1. The normalized spacial score (nSPS) is 9.88. The summed E-state index contributed by atoms with van der Waals surface area (Å²) in [5.41, 5.74) is 17.2. The Labute approximate surface area is 291 Å². The SMILES string of the molecule is C=Nc1cc(C=O)ccc1N(CCn1c(-c2ccccc2CC=O)nc2cc(C(N)=O)ccc21)Cc1ccccc1CC=O.CN.CO.CO. The summed E-state index contributed by atoms with van der Waals surface area (Å²) < 4.78 is 2.06. The van der Waals surface area contributed by atoms with Crippen LogP contribution in [0.15, 0.2) is 89.9 Å². The number of aldehydes is 3. The third-order valence-corrected chi connectivity index (χ3v) is 7.62. The summed E-state index contributed by atoms with van der Waals surface area (Å²) in [5, 5.41) is 14.0. The van der Waals surface area contributed by atoms with Crippen molar-refractivity contribution in [3.63, 3.8) is 0 Å². The number of benzene rings is 4. The Bertz CT molecular complexity index is 1890. The molecule has 0 spiro atoms. The Morgan fingerprint density at radius 3 is 2.10 bits per heavy atom. The molecule has 0 saturated carbocycles. The number of imidazole rings is 1. The lowest BCUT2D eigenvalue weighted by molar-refractivity contribution is -0.108. The van der Waals surface area contributed by atoms with Gasteiger partial charge in [-0.3, -0.25) is 14.6 Å². The summed E-state index contributed by atoms with van der Waals surface area (Å²) in [4.78, 5) is 57.7. The smallest absolute Gasteiger partial charge is 0.248 e. The number of aliphatic hydroxyl groups is 2. The fourth-order valence-electron chi connectivity index (χ4n) is 5.44. The van der Waals surface area contributed by atoms with Gasteiger partial charge in [-0.2, -0.15) is 0 Å². The van der Waals surface area contributed by atoms with Crippen LogP contribution >= 0.6 is 0 Å². The summed E-state index contributed by atoms with van der Waals surface area (Å²) in [6.07, 6.45) is 3.03. The second kappa shape index (κ2) is 21.2. The second-order valence-electron chi connectivity index (χ2n) is 10.3. The minimum Gasteiger partial charge on any atom is -0.400 e. The molecule has 262 valence electrons. The third kappa shape index (κ3) is 9.86. The molecule has 6 N–H and O–H groups in total. The molecule has 50 heavy (non-hydrogen) atoms. The van der Waals surface area contributed by atoms with Gasteiger partial charge < -0.3 is 40.7 Å². The zero-order valence-corrected chi connectivity index (χ0v) is 28.5. The number of aromatic nitrogens is 2. The molecule has 5 aromatic rings. The number of fused-ring (bicyclic) bond motifs is 1. The van der Waals surface area contributed by atoms with E-state index in [1.165, 1.54) is 7.05 Å². The van der Waals surface area contributed by atoms with Gasteiger partial charge in [-0.15, -0.1) is 0 Å². The van der Waals surface area contributed by atoms with E-state index in [0.29, 0.717) is 47.8 Å². The monoisotopic (exact) mass is 680 g/mol. The van der Waals surface area contributed by atoms with Gasteiger partial charge in [0.25, 0.3) is 0 Å². The Morgan fingerprint density at radius 2 is 1.48 bits per heavy atom. The first-order valence-corrected chi connectivity index (χ1v) is 15.6. The molecule has 4 aromatic carbocycles. The van der Waals surface area contributed by atoms with Crippen molar-refractivity contribution in [3.05, 3.63) is 113 Å². The van der Waals surface area contributed by atoms with Crippen LogP contribution < -0.4 is 16.4 Å². The van der Waals surface area contributed by atoms with Crippen molar-refractivity contribution in [3.8, 4) is 11.4 Å². The van der Waals surface area contributed by atoms with E-state index in [1.54, 1.807) is 24.3 Å². The fraction of sp³-hybridized carbons (Fsp3) is 0.211. The molecule has 1 heterocycles. The first-order chi connectivity index (χ1) is 24.5. The van der Waals surface area contributed by atoms with Crippen LogP contribution in [0.2, 0.25) is 0 Å². The minimum absolute atomic E-state index is 0.225. The van der Waals surface area contributed by atoms with Gasteiger partial charge in [0.2, 0.25) is 5.91 Å². The maximum atomic E-state index is 12.0. The Hall–Kier alpha value is -5.82. The van der Waals surface area contributed by atoms with Gasteiger partial charge in [0.05, 0.1) is 22.4 Å². The number of aliphatic imine (C=N–C) groups is 1. The van der Waals surface area contributed by atoms with Crippen molar-refractivity contribution < 1.29 is 29.4 Å². The molecule has 0 radical (unpaired) electrons. The van der Waals surface area contributed by atoms with Crippen LogP contribution in [0.3, 0.4) is 0 Å². The fourth-order valence-corrected chi connectivity index (χ4v) is 5.44. The summed E-state index contributed by atoms with van der Waals surface area (Å²) in [7, 11) is 3.50. The van der Waals surface area contributed by atoms with E-state index in [-0.39, 0.29) is 12.8 Å². The topological polar surface area (TPSA) is 194 Å². The predicted molar refractivity (Wildman–Crippen MR) is 198 cm³/mol. The molecule has 0 fully saturated rings. The molecule has 1 aromatic heterocycles. The first kappa shape index (κ1) is 40.4. The van der Waals surface area contributed by atoms with Gasteiger partial charge in [0, 0.05) is 63.4 Å². The summed E-state index contributed by atoms with van der Waals surface area (Å²) >= 11 is 0. The molecule has 12 heteroatoms. The van der Waals surface area contributed by atoms with Crippen LogP contribution in [-0.4, -0.2) is 79.1 Å². The average Bonchev–Trinajstić information content (AvgIpc) is 3.54. The van der Waals surface area contributed by atoms with Crippen LogP contribution in [0.5, 0.6) is 0 Å². The lowest BCUT2D eigenvalue weighted by Gasteiger charge is -2.28. The number of rotatable bonds is 14. The van der Waals surface area contributed by atoms with Gasteiger partial charge in [0.1, 0.15) is 24.7 Å². The maximum Gasteiger partial charge on any atom is 0.248 e. The Kier molecular flexibility index (Phi) is 17.1. The van der Waals surface area contributed by atoms with Crippen molar-refractivity contribution >= 4 is 53.9 Å². The quantitative estimate of drug-likeness (QED) is 0.0993. The van der Waals surface area contributed by atoms with Gasteiger partial charge in [-0.1, -0.05) is 48.5 Å². The number of hydrogen-bond acceptors (Lipinski definition) is 10. The van der Waals surface area contributed by atoms with Crippen LogP contribution in [0.4, 0.5) is 11.4 Å². The zero-order valence-electron chi connectivity index (χ0n) is 28.5. The first-order valence-electron chi connectivity index (χ1n) is 15.6. The van der Waals surface area contributed by atoms with Crippen molar-refractivity contribution in [2.45, 2.75) is 25.9 Å². The van der Waals surface area contributed by atoms with Crippen LogP contribution in [-0.2, 0) is 35.5 Å². The molecule has 0 aliphatic heterocycles. The molecule has 0 bridgehead atoms. The molecular formula is C38H44N6O6. The molecule has 0 saturated heterocycles. The number of primary amides is 1. The van der Waals surface area contributed by atoms with E-state index in [2.05, 4.69) is 26.9 Å². The highest BCUT2D eigenvalue weighted by Crippen LogP contribution is 2.33. The highest BCUT2D eigenvalue weighted by Gasteiger charge is 2.20. The lowest BCUT2D eigenvalue weighted by atomic mass is 10.0. The number of aliphatic hydroxyl groups excluding tert-OH is 2. The largest absolute Gasteiger partial charge is 0.400 e. The van der Waals surface area contributed by atoms with Crippen LogP contribution in [0.1, 0.15) is 37.4 Å². The lowest BCUT2D eigenvalue weighted by Crippen LogP contribution is -2.28. The number of anilines is 1. The number of carbonyl (C=O) groups excluding carboxylic acids is 4. The molecule has 12 nitrogen and oxygen atoms in total. The number of nitrogens with two attached hydrogens (primary N) is 2. The van der Waals surface area contributed by atoms with E-state index in [9.17, 15) is 19.2 Å². The number of hydrogen-bond donors (Lipinski definition) is 4. The third-order valence-electron chi connectivity index (χ3n) is 7.62. The molecule has 0 aliphatic rings. The number of amides is 1. The Balaban J connectivity index is 0.00000137. The summed E-state index contributed by atoms with van der Waals surface area (Å²) in [5.74, 6) is 0.103. The molecular weight excluding hydrogens is 636 g/mol. The predicted octanol–water partition coefficient (Wildman–Crippen LogP) is 3.93. The van der Waals surface area contributed by atoms with Crippen molar-refractivity contribution in [1.29, 1.82) is 0 Å². The molecule has 0 atom stereocenters. The maximum absolute atomic E-state index is 12.0. The minimum atomic E-state index is -0.548. The number of nitrogens with zero attached hydrogens (tertiary/aromatic N) is 4. The highest BCUT2D eigenvalue weighted by molar-refractivity contribution is 5.97. The number of carbonyl (C=O) groups is 4. The van der Waals surface area contributed by atoms with Gasteiger partial charge >= 0.3 is 0 Å². The van der Waals surface area contributed by atoms with Crippen molar-refractivity contribution in [2.24, 2.45) is 16.5 Å². The summed E-state index contributed by atoms with van der Waals surface area (Å²) in [6.45, 7) is 5.13. The highest BCUT2D eigenvalue weighted by atomic mass is 16.2. The van der Waals surface area contributed by atoms with Gasteiger partial charge in [-0.05, 0) is 66.9 Å². The molecule has 1 amide bonds. The standard InChI is InChI=1S/C35H31N5O4.CH5N.2CH4O/c1-37-30-20-24(23-43)10-12-32(30)39(22-28-8-3-2-6-25(28)14-18-41)16-17-40-33-13-11-27(34(36)44)21-31(33)38-35(40)29-9-5-4-7-26(29)15-19-42;3*1-2/h2-13,18-21,23H,1,14-17,22H2,(H2,36,44);2H2,1H3;2*2H,1H3. The van der Waals surface area contributed by atoms with E-state index < -0.39 is 5.91 Å². The molecule has 0 unspecified atom stereocenters. The average molecular weight is 681 g/mol. The van der Waals surface area contributed by atoms with E-state index in [1.807, 2.05) is 60.7 Å².